The van der Waals surface area contributed by atoms with Crippen LogP contribution in [0.3, 0.4) is 0 Å². The molecule has 0 aliphatic carbocycles. The maximum Gasteiger partial charge on any atom is 0.0495 e. The number of benzene rings is 2. The van der Waals surface area contributed by atoms with E-state index in [1.807, 2.05) is 24.3 Å². The second-order valence-electron chi connectivity index (χ2n) is 3.45. The second kappa shape index (κ2) is 4.38. The summed E-state index contributed by atoms with van der Waals surface area (Å²) < 4.78 is 1.05. The molecule has 0 aliphatic heterocycles. The summed E-state index contributed by atoms with van der Waals surface area (Å²) in [5, 5.41) is 0.777. The van der Waals surface area contributed by atoms with E-state index in [1.54, 1.807) is 0 Å². The van der Waals surface area contributed by atoms with Crippen LogP contribution in [0.4, 0.5) is 0 Å². The van der Waals surface area contributed by atoms with Crippen LogP contribution in [0.1, 0.15) is 5.56 Å². The van der Waals surface area contributed by atoms with E-state index in [2.05, 4.69) is 41.1 Å². The lowest BCUT2D eigenvalue weighted by atomic mass is 10.0. The maximum atomic E-state index is 6.21. The monoisotopic (exact) mass is 280 g/mol. The first-order valence-electron chi connectivity index (χ1n) is 4.69. The number of rotatable bonds is 1. The Balaban J connectivity index is 2.59. The van der Waals surface area contributed by atoms with Crippen molar-refractivity contribution in [2.24, 2.45) is 0 Å². The minimum absolute atomic E-state index is 0.777. The normalized spacial score (nSPS) is 10.3. The molecule has 0 saturated heterocycles. The lowest BCUT2D eigenvalue weighted by molar-refractivity contribution is 1.43. The Kier molecular flexibility index (Phi) is 3.13. The van der Waals surface area contributed by atoms with Crippen LogP contribution >= 0.6 is 27.5 Å². The molecule has 0 heterocycles. The van der Waals surface area contributed by atoms with Gasteiger partial charge in [0.05, 0.1) is 0 Å². The largest absolute Gasteiger partial charge is 0.0836 e. The van der Waals surface area contributed by atoms with Gasteiger partial charge in [-0.15, -0.1) is 0 Å². The van der Waals surface area contributed by atoms with Crippen LogP contribution < -0.4 is 0 Å². The third-order valence-electron chi connectivity index (χ3n) is 2.33. The van der Waals surface area contributed by atoms with Gasteiger partial charge in [-0.3, -0.25) is 0 Å². The number of aryl methyl sites for hydroxylation is 1. The molecule has 0 aromatic heterocycles. The molecule has 0 atom stereocenters. The third kappa shape index (κ3) is 2.24. The maximum absolute atomic E-state index is 6.21. The lowest BCUT2D eigenvalue weighted by Crippen LogP contribution is -1.83. The van der Waals surface area contributed by atoms with E-state index in [9.17, 15) is 0 Å². The fourth-order valence-corrected chi connectivity index (χ4v) is 2.24. The highest BCUT2D eigenvalue weighted by atomic mass is 79.9. The van der Waals surface area contributed by atoms with Crippen molar-refractivity contribution in [1.29, 1.82) is 0 Å². The number of hydrogen-bond acceptors (Lipinski definition) is 0. The zero-order chi connectivity index (χ0) is 10.8. The molecule has 2 heteroatoms. The lowest BCUT2D eigenvalue weighted by Gasteiger charge is -2.07. The Bertz CT molecular complexity index is 477. The molecule has 15 heavy (non-hydrogen) atoms. The summed E-state index contributed by atoms with van der Waals surface area (Å²) in [5.41, 5.74) is 3.43. The van der Waals surface area contributed by atoms with Gasteiger partial charge in [0.15, 0.2) is 0 Å². The van der Waals surface area contributed by atoms with E-state index >= 15 is 0 Å². The van der Waals surface area contributed by atoms with Gasteiger partial charge in [-0.1, -0.05) is 57.9 Å². The van der Waals surface area contributed by atoms with Crippen molar-refractivity contribution in [3.63, 3.8) is 0 Å². The van der Waals surface area contributed by atoms with Crippen LogP contribution in [0.15, 0.2) is 46.9 Å². The van der Waals surface area contributed by atoms with Gasteiger partial charge in [0.1, 0.15) is 0 Å². The average Bonchev–Trinajstić information content (AvgIpc) is 2.25. The molecule has 2 aromatic carbocycles. The van der Waals surface area contributed by atoms with E-state index in [1.165, 1.54) is 5.56 Å². The second-order valence-corrected chi connectivity index (χ2v) is 4.71. The minimum atomic E-state index is 0.777. The highest BCUT2D eigenvalue weighted by Crippen LogP contribution is 2.32. The Morgan fingerprint density at radius 1 is 1.07 bits per heavy atom. The molecule has 0 saturated carbocycles. The predicted octanol–water partition coefficient (Wildman–Crippen LogP) is 5.08. The molecule has 76 valence electrons. The quantitative estimate of drug-likeness (QED) is 0.684. The van der Waals surface area contributed by atoms with Crippen molar-refractivity contribution in [2.45, 2.75) is 6.92 Å². The van der Waals surface area contributed by atoms with Gasteiger partial charge in [0, 0.05) is 15.1 Å². The van der Waals surface area contributed by atoms with Gasteiger partial charge < -0.3 is 0 Å². The van der Waals surface area contributed by atoms with E-state index in [0.29, 0.717) is 0 Å². The molecule has 0 N–H and O–H groups in total. The van der Waals surface area contributed by atoms with Gasteiger partial charge in [0.25, 0.3) is 0 Å². The zero-order valence-electron chi connectivity index (χ0n) is 8.30. The van der Waals surface area contributed by atoms with Crippen LogP contribution in [-0.4, -0.2) is 0 Å². The van der Waals surface area contributed by atoms with Crippen LogP contribution in [0.5, 0.6) is 0 Å². The molecule has 0 aliphatic rings. The standard InChI is InChI=1S/C13H10BrCl/c1-9-7-11(13(15)8-12(9)14)10-5-3-2-4-6-10/h2-8H,1H3. The Morgan fingerprint density at radius 2 is 1.73 bits per heavy atom. The van der Waals surface area contributed by atoms with Gasteiger partial charge in [0.2, 0.25) is 0 Å². The van der Waals surface area contributed by atoms with E-state index in [-0.39, 0.29) is 0 Å². The smallest absolute Gasteiger partial charge is 0.0495 e. The van der Waals surface area contributed by atoms with Gasteiger partial charge in [-0.05, 0) is 30.2 Å². The summed E-state index contributed by atoms with van der Waals surface area (Å²) in [4.78, 5) is 0. The molecule has 0 radical (unpaired) electrons. The van der Waals surface area contributed by atoms with Gasteiger partial charge >= 0.3 is 0 Å². The van der Waals surface area contributed by atoms with Crippen molar-refractivity contribution in [3.05, 3.63) is 57.5 Å². The first-order chi connectivity index (χ1) is 7.18. The van der Waals surface area contributed by atoms with Crippen LogP contribution in [0.25, 0.3) is 11.1 Å². The van der Waals surface area contributed by atoms with Crippen molar-refractivity contribution in [2.75, 3.05) is 0 Å². The molecular weight excluding hydrogens is 272 g/mol. The number of halogens is 2. The summed E-state index contributed by atoms with van der Waals surface area (Å²) in [6.45, 7) is 2.06. The molecular formula is C13H10BrCl. The van der Waals surface area contributed by atoms with Crippen molar-refractivity contribution in [1.82, 2.24) is 0 Å². The fraction of sp³-hybridized carbons (Fsp3) is 0.0769. The molecule has 2 rings (SSSR count). The Labute approximate surface area is 103 Å². The van der Waals surface area contributed by atoms with Gasteiger partial charge in [-0.25, -0.2) is 0 Å². The topological polar surface area (TPSA) is 0 Å². The van der Waals surface area contributed by atoms with E-state index in [0.717, 1.165) is 20.6 Å². The third-order valence-corrected chi connectivity index (χ3v) is 3.50. The van der Waals surface area contributed by atoms with Crippen molar-refractivity contribution in [3.8, 4) is 11.1 Å². The average molecular weight is 282 g/mol. The molecule has 0 bridgehead atoms. The SMILES string of the molecule is Cc1cc(-c2ccccc2)c(Cl)cc1Br. The highest BCUT2D eigenvalue weighted by Gasteiger charge is 2.05. The van der Waals surface area contributed by atoms with Crippen LogP contribution in [0, 0.1) is 6.92 Å². The summed E-state index contributed by atoms with van der Waals surface area (Å²) in [6, 6.07) is 14.2. The van der Waals surface area contributed by atoms with Gasteiger partial charge in [-0.2, -0.15) is 0 Å². The summed E-state index contributed by atoms with van der Waals surface area (Å²) in [6.07, 6.45) is 0. The van der Waals surface area contributed by atoms with E-state index in [4.69, 9.17) is 11.6 Å². The Hall–Kier alpha value is -0.790. The summed E-state index contributed by atoms with van der Waals surface area (Å²) in [7, 11) is 0. The molecule has 0 nitrogen and oxygen atoms in total. The van der Waals surface area contributed by atoms with Crippen LogP contribution in [0.2, 0.25) is 5.02 Å². The van der Waals surface area contributed by atoms with E-state index < -0.39 is 0 Å². The van der Waals surface area contributed by atoms with Crippen LogP contribution in [-0.2, 0) is 0 Å². The Morgan fingerprint density at radius 3 is 2.40 bits per heavy atom. The minimum Gasteiger partial charge on any atom is -0.0836 e. The number of hydrogen-bond donors (Lipinski definition) is 0. The molecule has 0 amide bonds. The summed E-state index contributed by atoms with van der Waals surface area (Å²) in [5.74, 6) is 0. The zero-order valence-corrected chi connectivity index (χ0v) is 10.6. The first-order valence-corrected chi connectivity index (χ1v) is 5.86. The summed E-state index contributed by atoms with van der Waals surface area (Å²) >= 11 is 9.67. The van der Waals surface area contributed by atoms with Crippen molar-refractivity contribution < 1.29 is 0 Å². The fourth-order valence-electron chi connectivity index (χ4n) is 1.50. The first kappa shape index (κ1) is 10.7. The molecule has 0 fully saturated rings. The molecule has 2 aromatic rings. The molecule has 0 spiro atoms. The van der Waals surface area contributed by atoms with Crippen molar-refractivity contribution >= 4 is 27.5 Å². The highest BCUT2D eigenvalue weighted by molar-refractivity contribution is 9.10. The predicted molar refractivity (Wildman–Crippen MR) is 69.3 cm³/mol. The molecule has 0 unspecified atom stereocenters.